The highest BCUT2D eigenvalue weighted by molar-refractivity contribution is 6.33. The van der Waals surface area contributed by atoms with Crippen molar-refractivity contribution in [3.8, 4) is 34.1 Å². The lowest BCUT2D eigenvalue weighted by molar-refractivity contribution is -0.131. The van der Waals surface area contributed by atoms with Gasteiger partial charge in [-0.3, -0.25) is 0 Å². The Kier molecular flexibility index (Phi) is 6.42. The molecule has 6 rings (SSSR count). The topological polar surface area (TPSA) is 151 Å². The molecule has 1 fully saturated rings. The third-order valence-electron chi connectivity index (χ3n) is 6.44. The van der Waals surface area contributed by atoms with Crippen molar-refractivity contribution in [2.75, 3.05) is 13.2 Å². The summed E-state index contributed by atoms with van der Waals surface area (Å²) >= 11 is 6.56. The van der Waals surface area contributed by atoms with Gasteiger partial charge in [0.15, 0.2) is 5.65 Å². The van der Waals surface area contributed by atoms with Crippen LogP contribution in [0.2, 0.25) is 5.02 Å². The molecule has 0 amide bonds. The van der Waals surface area contributed by atoms with Gasteiger partial charge >= 0.3 is 5.69 Å². The molecule has 1 aliphatic rings. The molecular weight excluding hydrogens is 512 g/mol. The molecule has 3 atom stereocenters. The molecule has 4 heterocycles. The number of H-pyrrole nitrogens is 2. The summed E-state index contributed by atoms with van der Waals surface area (Å²) in [5, 5.41) is 22.4. The zero-order valence-electron chi connectivity index (χ0n) is 19.9. The Bertz CT molecular complexity index is 1630. The van der Waals surface area contributed by atoms with Crippen LogP contribution in [0.15, 0.2) is 65.7 Å². The summed E-state index contributed by atoms with van der Waals surface area (Å²) in [5.41, 5.74) is 4.90. The van der Waals surface area contributed by atoms with Gasteiger partial charge in [0.25, 0.3) is 6.01 Å². The fourth-order valence-electron chi connectivity index (χ4n) is 4.44. The Hall–Kier alpha value is -4.03. The van der Waals surface area contributed by atoms with Crippen molar-refractivity contribution >= 4 is 22.8 Å². The van der Waals surface area contributed by atoms with Gasteiger partial charge in [-0.15, -0.1) is 0 Å². The molecule has 0 bridgehead atoms. The summed E-state index contributed by atoms with van der Waals surface area (Å²) in [6.45, 7) is -0.0107. The number of ether oxygens (including phenoxy) is 2. The van der Waals surface area contributed by atoms with Gasteiger partial charge in [-0.2, -0.15) is 9.97 Å². The highest BCUT2D eigenvalue weighted by Gasteiger charge is 2.31. The number of benzene rings is 2. The van der Waals surface area contributed by atoms with Gasteiger partial charge in [0.05, 0.1) is 41.2 Å². The van der Waals surface area contributed by atoms with Crippen molar-refractivity contribution in [1.82, 2.24) is 29.7 Å². The molecule has 0 spiro atoms. The van der Waals surface area contributed by atoms with Crippen LogP contribution in [0.5, 0.6) is 6.01 Å². The van der Waals surface area contributed by atoms with E-state index in [0.29, 0.717) is 28.3 Å². The average molecular weight is 535 g/mol. The summed E-state index contributed by atoms with van der Waals surface area (Å²) in [4.78, 5) is 27.1. The van der Waals surface area contributed by atoms with E-state index < -0.39 is 24.0 Å². The van der Waals surface area contributed by atoms with Gasteiger partial charge in [-0.25, -0.2) is 19.6 Å². The van der Waals surface area contributed by atoms with E-state index in [0.717, 1.165) is 22.4 Å². The van der Waals surface area contributed by atoms with Crippen LogP contribution in [0, 0.1) is 0 Å². The number of nitrogens with one attached hydrogen (secondary N) is 2. The third kappa shape index (κ3) is 4.79. The van der Waals surface area contributed by atoms with Crippen LogP contribution in [0.25, 0.3) is 39.2 Å². The zero-order chi connectivity index (χ0) is 26.2. The Morgan fingerprint density at radius 3 is 2.45 bits per heavy atom. The summed E-state index contributed by atoms with van der Waals surface area (Å²) in [7, 11) is 0. The summed E-state index contributed by atoms with van der Waals surface area (Å²) in [6, 6.07) is 17.6. The van der Waals surface area contributed by atoms with E-state index in [1.165, 1.54) is 6.33 Å². The molecule has 0 radical (unpaired) electrons. The van der Waals surface area contributed by atoms with Crippen molar-refractivity contribution in [2.45, 2.75) is 24.7 Å². The minimum Gasteiger partial charge on any atom is -0.459 e. The first-order valence-electron chi connectivity index (χ1n) is 11.9. The molecule has 4 N–H and O–H groups in total. The molecule has 0 aliphatic carbocycles. The number of aliphatic hydroxyl groups excluding tert-OH is 2. The van der Waals surface area contributed by atoms with Gasteiger partial charge in [0.1, 0.15) is 18.5 Å². The Morgan fingerprint density at radius 1 is 1.08 bits per heavy atom. The SMILES string of the molecule is O=c1ncn(-c2ccc(-c3ccc(-c4nc5nc(OC6COC(CO)C(O)C6)[nH]c5cc4Cl)cc3)cc2)[nH]1. The normalized spacial score (nSPS) is 19.6. The smallest absolute Gasteiger partial charge is 0.361 e. The number of pyridine rings is 1. The number of aromatic nitrogens is 6. The van der Waals surface area contributed by atoms with E-state index in [4.69, 9.17) is 21.1 Å². The number of halogens is 1. The Balaban J connectivity index is 1.20. The average Bonchev–Trinajstić information content (AvgIpc) is 3.53. The van der Waals surface area contributed by atoms with Crippen LogP contribution < -0.4 is 10.4 Å². The van der Waals surface area contributed by atoms with Crippen molar-refractivity contribution in [2.24, 2.45) is 0 Å². The molecule has 0 saturated carbocycles. The number of hydrogen-bond donors (Lipinski definition) is 4. The molecule has 1 saturated heterocycles. The standard InChI is InChI=1S/C26H23ClN6O5/c27-19-10-20-24(31-26(29-20)38-18-9-21(35)22(11-34)37-12-18)30-23(19)16-3-1-14(2-4-16)15-5-7-17(8-6-15)33-13-28-25(36)32-33/h1-8,10,13,18,21-22,34-35H,9,11-12H2,(H,32,36)(H,29,30,31). The van der Waals surface area contributed by atoms with Gasteiger partial charge < -0.3 is 24.7 Å². The van der Waals surface area contributed by atoms with E-state index in [2.05, 4.69) is 25.0 Å². The first kappa shape index (κ1) is 24.3. The summed E-state index contributed by atoms with van der Waals surface area (Å²) in [5.74, 6) is 0. The van der Waals surface area contributed by atoms with E-state index in [1.807, 2.05) is 48.5 Å². The number of hydrogen-bond acceptors (Lipinski definition) is 8. The van der Waals surface area contributed by atoms with E-state index in [1.54, 1.807) is 10.7 Å². The monoisotopic (exact) mass is 534 g/mol. The zero-order valence-corrected chi connectivity index (χ0v) is 20.7. The third-order valence-corrected chi connectivity index (χ3v) is 6.72. The van der Waals surface area contributed by atoms with Gasteiger partial charge in [-0.05, 0) is 29.3 Å². The predicted molar refractivity (Wildman–Crippen MR) is 139 cm³/mol. The van der Waals surface area contributed by atoms with Crippen molar-refractivity contribution in [1.29, 1.82) is 0 Å². The molecule has 5 aromatic rings. The highest BCUT2D eigenvalue weighted by Crippen LogP contribution is 2.31. The maximum Gasteiger partial charge on any atom is 0.361 e. The van der Waals surface area contributed by atoms with Crippen LogP contribution in [-0.4, -0.2) is 71.5 Å². The van der Waals surface area contributed by atoms with E-state index in [-0.39, 0.29) is 19.2 Å². The first-order chi connectivity index (χ1) is 18.5. The lowest BCUT2D eigenvalue weighted by atomic mass is 10.0. The number of aromatic amines is 2. The minimum atomic E-state index is -0.814. The molecule has 3 unspecified atom stereocenters. The largest absolute Gasteiger partial charge is 0.459 e. The van der Waals surface area contributed by atoms with Crippen LogP contribution in [-0.2, 0) is 4.74 Å². The number of rotatable bonds is 6. The quantitative estimate of drug-likeness (QED) is 0.259. The fraction of sp³-hybridized carbons (Fsp3) is 0.231. The molecule has 38 heavy (non-hydrogen) atoms. The van der Waals surface area contributed by atoms with Crippen LogP contribution >= 0.6 is 11.6 Å². The van der Waals surface area contributed by atoms with Gasteiger partial charge in [0, 0.05) is 12.0 Å². The van der Waals surface area contributed by atoms with Crippen LogP contribution in [0.3, 0.4) is 0 Å². The van der Waals surface area contributed by atoms with Crippen molar-refractivity contribution < 1.29 is 19.7 Å². The molecule has 3 aromatic heterocycles. The van der Waals surface area contributed by atoms with Crippen molar-refractivity contribution in [3.05, 3.63) is 76.4 Å². The molecular formula is C26H23ClN6O5. The number of fused-ring (bicyclic) bond motifs is 1. The fourth-order valence-corrected chi connectivity index (χ4v) is 4.70. The Morgan fingerprint density at radius 2 is 1.79 bits per heavy atom. The second kappa shape index (κ2) is 10.0. The van der Waals surface area contributed by atoms with E-state index in [9.17, 15) is 15.0 Å². The first-order valence-corrected chi connectivity index (χ1v) is 12.3. The summed E-state index contributed by atoms with van der Waals surface area (Å²) < 4.78 is 12.9. The second-order valence-electron chi connectivity index (χ2n) is 8.98. The lowest BCUT2D eigenvalue weighted by Gasteiger charge is -2.31. The highest BCUT2D eigenvalue weighted by atomic mass is 35.5. The minimum absolute atomic E-state index is 0.233. The van der Waals surface area contributed by atoms with Crippen LogP contribution in [0.4, 0.5) is 0 Å². The molecule has 1 aliphatic heterocycles. The summed E-state index contributed by atoms with van der Waals surface area (Å²) in [6.07, 6.45) is -0.0678. The Labute approximate surface area is 220 Å². The maximum absolute atomic E-state index is 11.3. The molecule has 2 aromatic carbocycles. The second-order valence-corrected chi connectivity index (χ2v) is 9.39. The number of nitrogens with zero attached hydrogens (tertiary/aromatic N) is 4. The number of aliphatic hydroxyl groups is 2. The van der Waals surface area contributed by atoms with Crippen molar-refractivity contribution in [3.63, 3.8) is 0 Å². The lowest BCUT2D eigenvalue weighted by Crippen LogP contribution is -2.45. The van der Waals surface area contributed by atoms with E-state index >= 15 is 0 Å². The molecule has 194 valence electrons. The van der Waals surface area contributed by atoms with Gasteiger partial charge in [0.2, 0.25) is 0 Å². The predicted octanol–water partition coefficient (Wildman–Crippen LogP) is 2.71. The van der Waals surface area contributed by atoms with Gasteiger partial charge in [-0.1, -0.05) is 48.0 Å². The van der Waals surface area contributed by atoms with Crippen LogP contribution in [0.1, 0.15) is 6.42 Å². The molecule has 11 nitrogen and oxygen atoms in total. The molecule has 12 heteroatoms. The number of imidazole rings is 1. The maximum atomic E-state index is 11.3.